The number of likely N-dealkylation sites (tertiary alicyclic amines) is 1. The van der Waals surface area contributed by atoms with Crippen LogP contribution in [0.5, 0.6) is 0 Å². The molecule has 2 N–H and O–H groups in total. The molecule has 34 heavy (non-hydrogen) atoms. The van der Waals surface area contributed by atoms with E-state index in [9.17, 15) is 4.79 Å². The smallest absolute Gasteiger partial charge is 0.251 e. The average molecular weight is 463 g/mol. The van der Waals surface area contributed by atoms with Crippen LogP contribution in [0, 0.1) is 6.92 Å². The highest BCUT2D eigenvalue weighted by Gasteiger charge is 2.15. The van der Waals surface area contributed by atoms with Crippen molar-refractivity contribution in [3.8, 4) is 0 Å². The van der Waals surface area contributed by atoms with Gasteiger partial charge in [0.1, 0.15) is 0 Å². The van der Waals surface area contributed by atoms with Crippen LogP contribution in [0.3, 0.4) is 0 Å². The number of hydrogen-bond donors (Lipinski definition) is 2. The summed E-state index contributed by atoms with van der Waals surface area (Å²) in [5.74, 6) is -0.00280. The van der Waals surface area contributed by atoms with Gasteiger partial charge in [-0.15, -0.1) is 0 Å². The first-order chi connectivity index (χ1) is 16.5. The summed E-state index contributed by atoms with van der Waals surface area (Å²) in [6.45, 7) is 13.4. The van der Waals surface area contributed by atoms with Crippen molar-refractivity contribution >= 4 is 17.3 Å². The van der Waals surface area contributed by atoms with Crippen LogP contribution in [-0.2, 0) is 6.42 Å². The molecule has 1 aliphatic rings. The summed E-state index contributed by atoms with van der Waals surface area (Å²) in [6, 6.07) is 14.7. The minimum absolute atomic E-state index is 0.00280. The van der Waals surface area contributed by atoms with Crippen LogP contribution in [0.1, 0.15) is 60.5 Å². The summed E-state index contributed by atoms with van der Waals surface area (Å²) in [7, 11) is 1.93. The lowest BCUT2D eigenvalue weighted by molar-refractivity contribution is 0.0952. The highest BCUT2D eigenvalue weighted by molar-refractivity contribution is 5.95. The van der Waals surface area contributed by atoms with Crippen molar-refractivity contribution in [2.45, 2.75) is 52.4 Å². The average Bonchev–Trinajstić information content (AvgIpc) is 3.26. The third kappa shape index (κ3) is 7.02. The van der Waals surface area contributed by atoms with Gasteiger partial charge in [0.15, 0.2) is 0 Å². The molecule has 2 aromatic carbocycles. The molecule has 5 nitrogen and oxygen atoms in total. The number of carbonyl (C=O) groups is 1. The van der Waals surface area contributed by atoms with E-state index in [4.69, 9.17) is 0 Å². The van der Waals surface area contributed by atoms with Gasteiger partial charge < -0.3 is 20.4 Å². The predicted octanol–water partition coefficient (Wildman–Crippen LogP) is 5.62. The molecule has 0 aliphatic carbocycles. The largest absolute Gasteiger partial charge is 0.388 e. The molecule has 1 saturated heterocycles. The number of nitrogens with one attached hydrogen (secondary N) is 2. The SMILES string of the molecule is C=C1CCCN1CCCNC(=O)c1ccc(CCCN(CCC)c2ccccc2C)c(NC)c1. The number of aryl methyl sites for hydroxylation is 2. The van der Waals surface area contributed by atoms with Crippen LogP contribution in [-0.4, -0.2) is 50.6 Å². The molecule has 3 rings (SSSR count). The third-order valence-corrected chi connectivity index (χ3v) is 6.70. The molecule has 0 spiro atoms. The number of nitrogens with zero attached hydrogens (tertiary/aromatic N) is 2. The Hall–Kier alpha value is -2.95. The summed E-state index contributed by atoms with van der Waals surface area (Å²) in [4.78, 5) is 17.5. The molecule has 1 amide bonds. The van der Waals surface area contributed by atoms with Crippen molar-refractivity contribution in [2.75, 3.05) is 50.0 Å². The lowest BCUT2D eigenvalue weighted by Crippen LogP contribution is -2.28. The molecule has 0 unspecified atom stereocenters. The number of carbonyl (C=O) groups excluding carboxylic acids is 1. The van der Waals surface area contributed by atoms with E-state index in [1.54, 1.807) is 0 Å². The lowest BCUT2D eigenvalue weighted by Gasteiger charge is -2.26. The van der Waals surface area contributed by atoms with E-state index < -0.39 is 0 Å². The maximum Gasteiger partial charge on any atom is 0.251 e. The second-order valence-electron chi connectivity index (χ2n) is 9.27. The molecule has 0 bridgehead atoms. The number of hydrogen-bond acceptors (Lipinski definition) is 4. The summed E-state index contributed by atoms with van der Waals surface area (Å²) in [5.41, 5.74) is 6.90. The number of anilines is 2. The predicted molar refractivity (Wildman–Crippen MR) is 145 cm³/mol. The van der Waals surface area contributed by atoms with Crippen molar-refractivity contribution in [3.05, 3.63) is 71.4 Å². The van der Waals surface area contributed by atoms with Crippen molar-refractivity contribution < 1.29 is 4.79 Å². The highest BCUT2D eigenvalue weighted by atomic mass is 16.1. The van der Waals surface area contributed by atoms with Gasteiger partial charge in [-0.25, -0.2) is 0 Å². The molecular weight excluding hydrogens is 420 g/mol. The third-order valence-electron chi connectivity index (χ3n) is 6.70. The molecule has 5 heteroatoms. The van der Waals surface area contributed by atoms with Gasteiger partial charge in [0.2, 0.25) is 0 Å². The van der Waals surface area contributed by atoms with E-state index >= 15 is 0 Å². The Kier molecular flexibility index (Phi) is 9.87. The molecular formula is C29H42N4O. The van der Waals surface area contributed by atoms with Crippen molar-refractivity contribution in [3.63, 3.8) is 0 Å². The Balaban J connectivity index is 1.51. The van der Waals surface area contributed by atoms with Crippen molar-refractivity contribution in [1.82, 2.24) is 10.2 Å². The zero-order chi connectivity index (χ0) is 24.3. The lowest BCUT2D eigenvalue weighted by atomic mass is 10.0. The van der Waals surface area contributed by atoms with Gasteiger partial charge in [-0.05, 0) is 74.8 Å². The van der Waals surface area contributed by atoms with Crippen LogP contribution in [0.2, 0.25) is 0 Å². The molecule has 1 aliphatic heterocycles. The maximum atomic E-state index is 12.7. The fraction of sp³-hybridized carbons (Fsp3) is 0.483. The Morgan fingerprint density at radius 1 is 1.15 bits per heavy atom. The van der Waals surface area contributed by atoms with Gasteiger partial charge in [-0.1, -0.05) is 37.8 Å². The molecule has 2 aromatic rings. The standard InChI is InChI=1S/C29H42N4O/c1-5-18-33(28-14-7-6-11-23(28)2)20-9-13-25-15-16-26(22-27(25)30-4)29(34)31-17-10-21-32-19-8-12-24(32)3/h6-7,11,14-16,22,30H,3,5,8-10,12-13,17-21H2,1-2,4H3,(H,31,34). The van der Waals surface area contributed by atoms with Gasteiger partial charge in [-0.2, -0.15) is 0 Å². The fourth-order valence-corrected chi connectivity index (χ4v) is 4.80. The van der Waals surface area contributed by atoms with E-state index in [0.29, 0.717) is 12.1 Å². The summed E-state index contributed by atoms with van der Waals surface area (Å²) in [5, 5.41) is 6.37. The highest BCUT2D eigenvalue weighted by Crippen LogP contribution is 2.23. The Morgan fingerprint density at radius 3 is 2.68 bits per heavy atom. The van der Waals surface area contributed by atoms with Crippen LogP contribution >= 0.6 is 0 Å². The summed E-state index contributed by atoms with van der Waals surface area (Å²) >= 11 is 0. The second-order valence-corrected chi connectivity index (χ2v) is 9.27. The quantitative estimate of drug-likeness (QED) is 0.380. The zero-order valence-corrected chi connectivity index (χ0v) is 21.3. The first kappa shape index (κ1) is 25.7. The summed E-state index contributed by atoms with van der Waals surface area (Å²) < 4.78 is 0. The molecule has 1 fully saturated rings. The molecule has 1 heterocycles. The van der Waals surface area contributed by atoms with E-state index in [1.165, 1.54) is 28.9 Å². The van der Waals surface area contributed by atoms with E-state index in [0.717, 1.165) is 64.0 Å². The molecule has 0 radical (unpaired) electrons. The van der Waals surface area contributed by atoms with Gasteiger partial charge in [0.05, 0.1) is 0 Å². The Morgan fingerprint density at radius 2 is 1.97 bits per heavy atom. The van der Waals surface area contributed by atoms with Crippen LogP contribution in [0.15, 0.2) is 54.7 Å². The minimum Gasteiger partial charge on any atom is -0.388 e. The van der Waals surface area contributed by atoms with Gasteiger partial charge in [-0.3, -0.25) is 4.79 Å². The summed E-state index contributed by atoms with van der Waals surface area (Å²) in [6.07, 6.45) is 6.42. The first-order valence-electron chi connectivity index (χ1n) is 12.9. The number of para-hydroxylation sites is 1. The van der Waals surface area contributed by atoms with Crippen LogP contribution < -0.4 is 15.5 Å². The normalized spacial score (nSPS) is 13.3. The monoisotopic (exact) mass is 462 g/mol. The maximum absolute atomic E-state index is 12.7. The van der Waals surface area contributed by atoms with Crippen molar-refractivity contribution in [1.29, 1.82) is 0 Å². The molecule has 0 saturated carbocycles. The Labute approximate surface area is 206 Å². The first-order valence-corrected chi connectivity index (χ1v) is 12.9. The molecule has 0 aromatic heterocycles. The number of allylic oxidation sites excluding steroid dienone is 1. The Bertz CT molecular complexity index is 955. The van der Waals surface area contributed by atoms with E-state index in [2.05, 4.69) is 71.2 Å². The van der Waals surface area contributed by atoms with Crippen molar-refractivity contribution in [2.24, 2.45) is 0 Å². The van der Waals surface area contributed by atoms with Crippen LogP contribution in [0.25, 0.3) is 0 Å². The topological polar surface area (TPSA) is 47.6 Å². The van der Waals surface area contributed by atoms with Gasteiger partial charge in [0, 0.05) is 62.4 Å². The second kappa shape index (κ2) is 13.1. The van der Waals surface area contributed by atoms with E-state index in [1.807, 2.05) is 19.2 Å². The van der Waals surface area contributed by atoms with Gasteiger partial charge in [0.25, 0.3) is 5.91 Å². The van der Waals surface area contributed by atoms with Gasteiger partial charge >= 0.3 is 0 Å². The number of rotatable bonds is 13. The minimum atomic E-state index is -0.00280. The van der Waals surface area contributed by atoms with Crippen LogP contribution in [0.4, 0.5) is 11.4 Å². The zero-order valence-electron chi connectivity index (χ0n) is 21.3. The van der Waals surface area contributed by atoms with E-state index in [-0.39, 0.29) is 5.91 Å². The molecule has 0 atom stereocenters. The fourth-order valence-electron chi connectivity index (χ4n) is 4.80. The number of amides is 1. The number of benzene rings is 2. The molecule has 184 valence electrons.